The second-order valence-electron chi connectivity index (χ2n) is 9.34. The van der Waals surface area contributed by atoms with E-state index in [2.05, 4.69) is 0 Å². The molecule has 0 spiro atoms. The molecule has 1 saturated carbocycles. The monoisotopic (exact) mass is 529 g/mol. The summed E-state index contributed by atoms with van der Waals surface area (Å²) in [6.45, 7) is 3.04. The van der Waals surface area contributed by atoms with E-state index in [9.17, 15) is 22.8 Å². The fraction of sp³-hybridized carbons (Fsp3) is 0.591. The molecule has 1 saturated heterocycles. The Balaban J connectivity index is 1.55. The summed E-state index contributed by atoms with van der Waals surface area (Å²) in [6, 6.07) is 3.24. The molecule has 36 heavy (non-hydrogen) atoms. The number of benzene rings is 1. The Morgan fingerprint density at radius 1 is 1.19 bits per heavy atom. The number of ether oxygens (including phenoxy) is 3. The molecule has 1 aliphatic heterocycles. The molecule has 0 unspecified atom stereocenters. The molecular formula is C22H31N3O10S. The topological polar surface area (TPSA) is 164 Å². The number of hydrogen-bond acceptors (Lipinski definition) is 10. The van der Waals surface area contributed by atoms with Crippen LogP contribution in [0.5, 0.6) is 11.5 Å². The van der Waals surface area contributed by atoms with Gasteiger partial charge in [0.2, 0.25) is 5.91 Å². The van der Waals surface area contributed by atoms with Crippen LogP contribution < -0.4 is 15.2 Å². The summed E-state index contributed by atoms with van der Waals surface area (Å²) in [5.74, 6) is -0.814. The maximum absolute atomic E-state index is 12.6. The summed E-state index contributed by atoms with van der Waals surface area (Å²) in [6.07, 6.45) is 0.898. The van der Waals surface area contributed by atoms with E-state index < -0.39 is 45.3 Å². The number of fused-ring (bicyclic) bond motifs is 1. The lowest BCUT2D eigenvalue weighted by molar-refractivity contribution is -0.140. The Bertz CT molecular complexity index is 1120. The van der Waals surface area contributed by atoms with Gasteiger partial charge in [-0.05, 0) is 36.8 Å². The van der Waals surface area contributed by atoms with Gasteiger partial charge in [0.1, 0.15) is 22.6 Å². The third-order valence-electron chi connectivity index (χ3n) is 6.54. The van der Waals surface area contributed by atoms with E-state index in [-0.39, 0.29) is 25.2 Å². The number of nitrogens with two attached hydrogens (primary N) is 1. The molecule has 13 nitrogen and oxygen atoms in total. The van der Waals surface area contributed by atoms with Crippen LogP contribution in [0.3, 0.4) is 0 Å². The molecule has 2 atom stereocenters. The van der Waals surface area contributed by atoms with Crippen LogP contribution in [0.15, 0.2) is 18.2 Å². The van der Waals surface area contributed by atoms with E-state index in [0.29, 0.717) is 29.4 Å². The fourth-order valence-corrected chi connectivity index (χ4v) is 5.08. The van der Waals surface area contributed by atoms with Crippen LogP contribution in [-0.4, -0.2) is 82.4 Å². The lowest BCUT2D eigenvalue weighted by Gasteiger charge is -2.44. The number of methoxy groups -OCH3 is 2. The van der Waals surface area contributed by atoms with Crippen molar-refractivity contribution >= 4 is 28.3 Å². The van der Waals surface area contributed by atoms with Crippen LogP contribution in [-0.2, 0) is 28.4 Å². The number of nitrogens with zero attached hydrogens (tertiary/aromatic N) is 2. The average molecular weight is 530 g/mol. The summed E-state index contributed by atoms with van der Waals surface area (Å²) >= 11 is 0. The third-order valence-corrected chi connectivity index (χ3v) is 7.29. The Morgan fingerprint density at radius 3 is 2.28 bits per heavy atom. The summed E-state index contributed by atoms with van der Waals surface area (Å²) in [4.78, 5) is 38.1. The number of carbonyl (C=O) groups excluding carboxylic acids is 3. The molecule has 14 heteroatoms. The lowest BCUT2D eigenvalue weighted by atomic mass is 9.71. The maximum atomic E-state index is 12.6. The van der Waals surface area contributed by atoms with Gasteiger partial charge in [0.25, 0.3) is 0 Å². The molecule has 2 aliphatic rings. The molecule has 3 amide bonds. The first-order chi connectivity index (χ1) is 16.8. The molecule has 1 aliphatic carbocycles. The van der Waals surface area contributed by atoms with E-state index in [1.54, 1.807) is 32.0 Å². The number of urea groups is 1. The quantitative estimate of drug-likeness (QED) is 0.389. The van der Waals surface area contributed by atoms with Gasteiger partial charge in [-0.3, -0.25) is 4.79 Å². The van der Waals surface area contributed by atoms with E-state index in [0.717, 1.165) is 4.90 Å². The molecule has 1 heterocycles. The minimum Gasteiger partial charge on any atom is -0.496 e. The second-order valence-corrected chi connectivity index (χ2v) is 10.5. The van der Waals surface area contributed by atoms with Gasteiger partial charge < -0.3 is 24.8 Å². The van der Waals surface area contributed by atoms with E-state index in [1.165, 1.54) is 21.3 Å². The summed E-state index contributed by atoms with van der Waals surface area (Å²) in [7, 11) is -0.449. The van der Waals surface area contributed by atoms with Gasteiger partial charge in [-0.15, -0.1) is 4.28 Å². The van der Waals surface area contributed by atoms with Crippen molar-refractivity contribution in [3.63, 3.8) is 0 Å². The number of carbonyl (C=O) groups is 3. The van der Waals surface area contributed by atoms with Crippen LogP contribution in [0.25, 0.3) is 0 Å². The maximum Gasteiger partial charge on any atom is 0.421 e. The molecule has 0 aromatic heterocycles. The molecule has 200 valence electrons. The van der Waals surface area contributed by atoms with Crippen molar-refractivity contribution in [3.8, 4) is 11.5 Å². The van der Waals surface area contributed by atoms with Crippen molar-refractivity contribution in [2.75, 3.05) is 34.5 Å². The number of rotatable bonds is 12. The first-order valence-corrected chi connectivity index (χ1v) is 12.5. The highest BCUT2D eigenvalue weighted by molar-refractivity contribution is 7.81. The second kappa shape index (κ2) is 10.1. The summed E-state index contributed by atoms with van der Waals surface area (Å²) < 4.78 is 50.6. The number of likely N-dealkylation sites (N-methyl/N-ethyl adjacent to an activating group) is 1. The molecule has 1 aromatic rings. The zero-order valence-corrected chi connectivity index (χ0v) is 21.6. The van der Waals surface area contributed by atoms with E-state index >= 15 is 0 Å². The highest BCUT2D eigenvalue weighted by Gasteiger charge is 2.67. The minimum atomic E-state index is -4.65. The van der Waals surface area contributed by atoms with Gasteiger partial charge in [-0.2, -0.15) is 13.5 Å². The standard InChI is InChI=1S/C22H31N3O10S/c1-21(2,11-12-33-18(26)17-14(31-4)7-6-8-15(17)32-5)13-34-36(29,30)35-25-16-9-10-22(16,19(23)27)24(3)20(25)28/h6-8,16H,9-13H2,1-5H3,(H2,23,27)/t16-,22+/m1/s1. The number of primary amides is 1. The largest absolute Gasteiger partial charge is 0.496 e. The zero-order valence-electron chi connectivity index (χ0n) is 20.8. The molecule has 2 N–H and O–H groups in total. The predicted molar refractivity (Wildman–Crippen MR) is 124 cm³/mol. The lowest BCUT2D eigenvalue weighted by Crippen LogP contribution is -2.66. The van der Waals surface area contributed by atoms with Gasteiger partial charge in [-0.1, -0.05) is 19.9 Å². The van der Waals surface area contributed by atoms with Crippen LogP contribution in [0.2, 0.25) is 0 Å². The highest BCUT2D eigenvalue weighted by Crippen LogP contribution is 2.46. The molecule has 0 radical (unpaired) electrons. The van der Waals surface area contributed by atoms with Gasteiger partial charge >= 0.3 is 22.4 Å². The van der Waals surface area contributed by atoms with E-state index in [4.69, 9.17) is 28.4 Å². The predicted octanol–water partition coefficient (Wildman–Crippen LogP) is 1.22. The van der Waals surface area contributed by atoms with Crippen molar-refractivity contribution in [1.82, 2.24) is 9.96 Å². The molecule has 2 fully saturated rings. The molecular weight excluding hydrogens is 498 g/mol. The number of esters is 1. The Morgan fingerprint density at radius 2 is 1.81 bits per heavy atom. The Labute approximate surface area is 209 Å². The molecule has 1 aromatic carbocycles. The van der Waals surface area contributed by atoms with Crippen molar-refractivity contribution < 1.29 is 45.5 Å². The van der Waals surface area contributed by atoms with Crippen molar-refractivity contribution in [2.45, 2.75) is 44.7 Å². The smallest absolute Gasteiger partial charge is 0.421 e. The molecule has 3 rings (SSSR count). The number of amides is 3. The van der Waals surface area contributed by atoms with Gasteiger partial charge in [0.15, 0.2) is 0 Å². The van der Waals surface area contributed by atoms with Crippen molar-refractivity contribution in [2.24, 2.45) is 11.1 Å². The third kappa shape index (κ3) is 5.06. The van der Waals surface area contributed by atoms with Gasteiger partial charge in [-0.25, -0.2) is 13.8 Å². The Kier molecular flexibility index (Phi) is 7.72. The van der Waals surface area contributed by atoms with Crippen LogP contribution in [0.4, 0.5) is 4.79 Å². The van der Waals surface area contributed by atoms with Gasteiger partial charge in [0, 0.05) is 7.05 Å². The SMILES string of the molecule is COc1cccc(OC)c1C(=O)OCCC(C)(C)COS(=O)(=O)ON1C(=O)N(C)[C@@]2(C(N)=O)CC[C@@H]12. The van der Waals surface area contributed by atoms with Crippen molar-refractivity contribution in [3.05, 3.63) is 23.8 Å². The zero-order chi connectivity index (χ0) is 26.9. The van der Waals surface area contributed by atoms with Crippen LogP contribution in [0.1, 0.15) is 43.5 Å². The Hall–Kier alpha value is -3.10. The van der Waals surface area contributed by atoms with Crippen LogP contribution in [0, 0.1) is 5.41 Å². The molecule has 0 bridgehead atoms. The fourth-order valence-electron chi connectivity index (χ4n) is 4.21. The minimum absolute atomic E-state index is 0.0457. The summed E-state index contributed by atoms with van der Waals surface area (Å²) in [5, 5.41) is 0.624. The first kappa shape index (κ1) is 27.5. The summed E-state index contributed by atoms with van der Waals surface area (Å²) in [5.41, 5.74) is 3.53. The highest BCUT2D eigenvalue weighted by atomic mass is 32.3. The number of hydroxylamine groups is 2. The normalized spacial score (nSPS) is 21.6. The van der Waals surface area contributed by atoms with Crippen molar-refractivity contribution in [1.29, 1.82) is 0 Å². The van der Waals surface area contributed by atoms with Gasteiger partial charge in [0.05, 0.1) is 33.5 Å². The van der Waals surface area contributed by atoms with E-state index in [1.807, 2.05) is 0 Å². The van der Waals surface area contributed by atoms with Crippen LogP contribution >= 0.6 is 0 Å². The first-order valence-electron chi connectivity index (χ1n) is 11.1. The average Bonchev–Trinajstić information content (AvgIpc) is 2.93. The number of hydrogen-bond donors (Lipinski definition) is 1.